The average Bonchev–Trinajstić information content (AvgIpc) is 3.31. The third-order valence-corrected chi connectivity index (χ3v) is 4.39. The lowest BCUT2D eigenvalue weighted by Crippen LogP contribution is -2.22. The molecular weight excluding hydrogens is 332 g/mol. The number of hydrogen-bond donors (Lipinski definition) is 3. The largest absolute Gasteiger partial charge is 0.488 e. The van der Waals surface area contributed by atoms with E-state index in [0.29, 0.717) is 11.8 Å². The van der Waals surface area contributed by atoms with Gasteiger partial charge in [0.15, 0.2) is 0 Å². The number of ether oxygens (including phenoxy) is 1. The number of fused-ring (bicyclic) bond motifs is 1. The van der Waals surface area contributed by atoms with Gasteiger partial charge < -0.3 is 20.5 Å². The van der Waals surface area contributed by atoms with Crippen LogP contribution >= 0.6 is 0 Å². The van der Waals surface area contributed by atoms with E-state index in [0.717, 1.165) is 42.4 Å². The summed E-state index contributed by atoms with van der Waals surface area (Å²) in [6.45, 7) is 3.75. The summed E-state index contributed by atoms with van der Waals surface area (Å²) >= 11 is 0. The van der Waals surface area contributed by atoms with E-state index in [-0.39, 0.29) is 12.7 Å². The summed E-state index contributed by atoms with van der Waals surface area (Å²) in [7, 11) is 0. The number of aromatic nitrogens is 4. The van der Waals surface area contributed by atoms with Crippen LogP contribution in [-0.2, 0) is 0 Å². The number of imidazole rings is 1. The first kappa shape index (κ1) is 16.7. The Morgan fingerprint density at radius 3 is 3.15 bits per heavy atom. The van der Waals surface area contributed by atoms with Gasteiger partial charge in [-0.3, -0.25) is 9.38 Å². The Balaban J connectivity index is 1.60. The van der Waals surface area contributed by atoms with Crippen LogP contribution in [0.2, 0.25) is 0 Å². The second-order valence-electron chi connectivity index (χ2n) is 6.47. The van der Waals surface area contributed by atoms with Crippen molar-refractivity contribution in [2.75, 3.05) is 25.0 Å². The molecule has 1 aliphatic rings. The first-order valence-corrected chi connectivity index (χ1v) is 8.77. The molecule has 0 bridgehead atoms. The first-order valence-electron chi connectivity index (χ1n) is 8.77. The van der Waals surface area contributed by atoms with E-state index in [1.165, 1.54) is 0 Å². The molecule has 2 unspecified atom stereocenters. The molecule has 2 atom stereocenters. The van der Waals surface area contributed by atoms with Crippen LogP contribution in [0.5, 0.6) is 5.75 Å². The number of pyridine rings is 1. The molecule has 0 spiro atoms. The van der Waals surface area contributed by atoms with Gasteiger partial charge in [0, 0.05) is 24.8 Å². The molecule has 0 amide bonds. The molecule has 1 fully saturated rings. The van der Waals surface area contributed by atoms with Gasteiger partial charge >= 0.3 is 0 Å². The maximum Gasteiger partial charge on any atom is 0.145 e. The van der Waals surface area contributed by atoms with E-state index < -0.39 is 0 Å². The Bertz CT molecular complexity index is 890. The molecule has 4 heterocycles. The maximum atomic E-state index is 9.12. The minimum Gasteiger partial charge on any atom is -0.488 e. The zero-order valence-corrected chi connectivity index (χ0v) is 14.6. The topological polar surface area (TPSA) is 96.6 Å². The van der Waals surface area contributed by atoms with Gasteiger partial charge in [0.25, 0.3) is 0 Å². The summed E-state index contributed by atoms with van der Waals surface area (Å²) in [6, 6.07) is 4.08. The van der Waals surface area contributed by atoms with Crippen molar-refractivity contribution in [1.29, 1.82) is 0 Å². The molecule has 136 valence electrons. The maximum absolute atomic E-state index is 9.12. The van der Waals surface area contributed by atoms with Crippen LogP contribution in [0.4, 0.5) is 5.82 Å². The van der Waals surface area contributed by atoms with E-state index in [4.69, 9.17) is 9.84 Å². The van der Waals surface area contributed by atoms with Crippen molar-refractivity contribution in [1.82, 2.24) is 24.7 Å². The normalized spacial score (nSPS) is 18.2. The lowest BCUT2D eigenvalue weighted by atomic mass is 10.2. The predicted molar refractivity (Wildman–Crippen MR) is 98.3 cm³/mol. The number of aliphatic hydroxyl groups excluding tert-OH is 1. The summed E-state index contributed by atoms with van der Waals surface area (Å²) in [5.41, 5.74) is 2.37. The Morgan fingerprint density at radius 2 is 2.35 bits per heavy atom. The molecule has 0 saturated carbocycles. The van der Waals surface area contributed by atoms with Crippen molar-refractivity contribution in [2.45, 2.75) is 25.5 Å². The number of anilines is 1. The first-order chi connectivity index (χ1) is 12.7. The zero-order valence-electron chi connectivity index (χ0n) is 14.6. The third-order valence-electron chi connectivity index (χ3n) is 4.39. The van der Waals surface area contributed by atoms with Gasteiger partial charge in [-0.1, -0.05) is 0 Å². The molecule has 3 aromatic heterocycles. The highest BCUT2D eigenvalue weighted by molar-refractivity contribution is 5.61. The van der Waals surface area contributed by atoms with Crippen LogP contribution < -0.4 is 15.4 Å². The van der Waals surface area contributed by atoms with Gasteiger partial charge in [0.05, 0.1) is 30.9 Å². The van der Waals surface area contributed by atoms with Gasteiger partial charge in [0.2, 0.25) is 0 Å². The summed E-state index contributed by atoms with van der Waals surface area (Å²) in [5.74, 6) is 1.44. The fourth-order valence-electron chi connectivity index (χ4n) is 3.04. The van der Waals surface area contributed by atoms with Crippen molar-refractivity contribution in [3.05, 3.63) is 36.9 Å². The average molecular weight is 354 g/mol. The summed E-state index contributed by atoms with van der Waals surface area (Å²) in [4.78, 5) is 13.4. The van der Waals surface area contributed by atoms with Gasteiger partial charge in [-0.2, -0.15) is 0 Å². The van der Waals surface area contributed by atoms with Crippen molar-refractivity contribution in [3.63, 3.8) is 0 Å². The smallest absolute Gasteiger partial charge is 0.145 e. The van der Waals surface area contributed by atoms with Gasteiger partial charge in [-0.15, -0.1) is 0 Å². The highest BCUT2D eigenvalue weighted by Crippen LogP contribution is 2.23. The monoisotopic (exact) mass is 354 g/mol. The molecule has 0 radical (unpaired) electrons. The van der Waals surface area contributed by atoms with E-state index in [1.807, 2.05) is 29.7 Å². The van der Waals surface area contributed by atoms with Crippen molar-refractivity contribution < 1.29 is 9.84 Å². The van der Waals surface area contributed by atoms with Crippen LogP contribution in [0.1, 0.15) is 13.3 Å². The molecule has 8 heteroatoms. The Morgan fingerprint density at radius 1 is 1.42 bits per heavy atom. The quantitative estimate of drug-likeness (QED) is 0.614. The lowest BCUT2D eigenvalue weighted by molar-refractivity contribution is 0.130. The standard InChI is InChI=1S/C18H22N6O2/c1-12(11-25)26-14-3-5-24-16(9-21-18(24)6-14)15-8-20-10-17(23-15)22-13-2-4-19-7-13/h3,5-6,8-10,12-13,19,25H,2,4,7,11H2,1H3,(H,22,23). The third kappa shape index (κ3) is 3.47. The molecule has 26 heavy (non-hydrogen) atoms. The summed E-state index contributed by atoms with van der Waals surface area (Å²) < 4.78 is 7.58. The molecule has 4 rings (SSSR count). The molecule has 0 aliphatic carbocycles. The van der Waals surface area contributed by atoms with Crippen molar-refractivity contribution in [3.8, 4) is 17.1 Å². The minimum atomic E-state index is -0.259. The van der Waals surface area contributed by atoms with E-state index in [1.54, 1.807) is 18.6 Å². The molecule has 0 aromatic carbocycles. The second kappa shape index (κ2) is 7.27. The van der Waals surface area contributed by atoms with Crippen LogP contribution in [0.3, 0.4) is 0 Å². The second-order valence-corrected chi connectivity index (χ2v) is 6.47. The van der Waals surface area contributed by atoms with Gasteiger partial charge in [-0.05, 0) is 26.0 Å². The number of rotatable bonds is 6. The van der Waals surface area contributed by atoms with Crippen LogP contribution in [0, 0.1) is 0 Å². The Hall–Kier alpha value is -2.71. The highest BCUT2D eigenvalue weighted by Gasteiger charge is 2.15. The van der Waals surface area contributed by atoms with Crippen LogP contribution in [0.15, 0.2) is 36.9 Å². The Labute approximate surface area is 151 Å². The molecule has 8 nitrogen and oxygen atoms in total. The van der Waals surface area contributed by atoms with Crippen molar-refractivity contribution in [2.24, 2.45) is 0 Å². The molecule has 1 aliphatic heterocycles. The van der Waals surface area contributed by atoms with Gasteiger partial charge in [-0.25, -0.2) is 9.97 Å². The molecular formula is C18H22N6O2. The molecule has 3 N–H and O–H groups in total. The van der Waals surface area contributed by atoms with E-state index in [9.17, 15) is 0 Å². The van der Waals surface area contributed by atoms with Crippen LogP contribution in [0.25, 0.3) is 17.0 Å². The van der Waals surface area contributed by atoms with Crippen molar-refractivity contribution >= 4 is 11.5 Å². The van der Waals surface area contributed by atoms with E-state index in [2.05, 4.69) is 25.6 Å². The highest BCUT2D eigenvalue weighted by atomic mass is 16.5. The SMILES string of the molecule is CC(CO)Oc1ccn2c(-c3cncc(NC4CCNC4)n3)cnc2c1. The predicted octanol–water partition coefficient (Wildman–Crippen LogP) is 1.32. The number of aliphatic hydroxyl groups is 1. The summed E-state index contributed by atoms with van der Waals surface area (Å²) in [6.07, 6.45) is 7.97. The number of nitrogens with zero attached hydrogens (tertiary/aromatic N) is 4. The molecule has 3 aromatic rings. The number of nitrogens with one attached hydrogen (secondary N) is 2. The number of hydrogen-bond acceptors (Lipinski definition) is 7. The minimum absolute atomic E-state index is 0.0310. The van der Waals surface area contributed by atoms with Gasteiger partial charge in [0.1, 0.15) is 29.0 Å². The Kier molecular flexibility index (Phi) is 4.68. The fraction of sp³-hybridized carbons (Fsp3) is 0.389. The lowest BCUT2D eigenvalue weighted by Gasteiger charge is -2.13. The zero-order chi connectivity index (χ0) is 17.9. The summed E-state index contributed by atoms with van der Waals surface area (Å²) in [5, 5.41) is 15.9. The molecule has 1 saturated heterocycles. The van der Waals surface area contributed by atoms with E-state index >= 15 is 0 Å². The fourth-order valence-corrected chi connectivity index (χ4v) is 3.04. The van der Waals surface area contributed by atoms with Crippen LogP contribution in [-0.4, -0.2) is 56.3 Å².